The maximum Gasteiger partial charge on any atom is 0.185 e. The van der Waals surface area contributed by atoms with E-state index < -0.39 is 17.3 Å². The molecule has 0 aliphatic heterocycles. The Bertz CT molecular complexity index is 1860. The van der Waals surface area contributed by atoms with Crippen molar-refractivity contribution in [3.8, 4) is 34.5 Å². The Kier molecular flexibility index (Phi) is 19.7. The average Bonchev–Trinajstić information content (AvgIpc) is 3.27. The predicted octanol–water partition coefficient (Wildman–Crippen LogP) is 12.1. The Hall–Kier alpha value is -6.09. The van der Waals surface area contributed by atoms with Crippen molar-refractivity contribution in [2.24, 2.45) is 0 Å². The molecule has 9 heteroatoms. The minimum Gasteiger partial charge on any atom is -0.494 e. The number of rotatable bonds is 27. The highest BCUT2D eigenvalue weighted by molar-refractivity contribution is 6.15. The van der Waals surface area contributed by atoms with E-state index in [0.29, 0.717) is 90.8 Å². The fourth-order valence-corrected chi connectivity index (χ4v) is 5.77. The molecule has 9 nitrogen and oxygen atoms in total. The lowest BCUT2D eigenvalue weighted by Crippen LogP contribution is -2.06. The van der Waals surface area contributed by atoms with E-state index in [1.165, 1.54) is 36.4 Å². The molecule has 0 amide bonds. The molecule has 0 aliphatic rings. The highest BCUT2D eigenvalue weighted by Crippen LogP contribution is 2.29. The molecule has 318 valence electrons. The summed E-state index contributed by atoms with van der Waals surface area (Å²) >= 11 is 0. The topological polar surface area (TPSA) is 107 Å². The van der Waals surface area contributed by atoms with Gasteiger partial charge in [0.15, 0.2) is 17.3 Å². The molecule has 4 aromatic carbocycles. The van der Waals surface area contributed by atoms with Crippen molar-refractivity contribution in [2.75, 3.05) is 39.6 Å². The fourth-order valence-electron chi connectivity index (χ4n) is 5.77. The minimum atomic E-state index is -0.403. The maximum absolute atomic E-state index is 14.0. The number of hydrogen-bond acceptors (Lipinski definition) is 9. The van der Waals surface area contributed by atoms with Crippen molar-refractivity contribution in [3.63, 3.8) is 0 Å². The third kappa shape index (κ3) is 14.6. The van der Waals surface area contributed by atoms with Crippen LogP contribution in [0.25, 0.3) is 18.2 Å². The number of ketones is 3. The van der Waals surface area contributed by atoms with Crippen molar-refractivity contribution < 1.29 is 42.8 Å². The maximum atomic E-state index is 14.0. The SMILES string of the molecule is CCCOc1ccc(OCCC)c(/C=C/C(=O)c2cc(C(=O)/C=C/c3cc(OCCC)ccc3OCCC)cc(C(=O)/C=C/c3cc(OCCC)ccc3OCCC)c2)c1. The molecule has 0 radical (unpaired) electrons. The second-order valence-electron chi connectivity index (χ2n) is 14.1. The lowest BCUT2D eigenvalue weighted by Gasteiger charge is -2.12. The minimum absolute atomic E-state index is 0.167. The van der Waals surface area contributed by atoms with E-state index in [1.807, 2.05) is 96.1 Å². The van der Waals surface area contributed by atoms with Crippen LogP contribution >= 0.6 is 0 Å². The van der Waals surface area contributed by atoms with Gasteiger partial charge in [-0.05, 0) is 148 Å². The molecule has 0 aliphatic carbocycles. The Labute approximate surface area is 356 Å². The van der Waals surface area contributed by atoms with E-state index in [9.17, 15) is 14.4 Å². The van der Waals surface area contributed by atoms with Gasteiger partial charge in [-0.25, -0.2) is 0 Å². The van der Waals surface area contributed by atoms with Gasteiger partial charge in [0.25, 0.3) is 0 Å². The van der Waals surface area contributed by atoms with Gasteiger partial charge >= 0.3 is 0 Å². The van der Waals surface area contributed by atoms with Crippen molar-refractivity contribution in [1.29, 1.82) is 0 Å². The highest BCUT2D eigenvalue weighted by atomic mass is 16.5. The molecule has 4 aromatic rings. The molecule has 0 N–H and O–H groups in total. The first-order valence-corrected chi connectivity index (χ1v) is 21.2. The van der Waals surface area contributed by atoms with Crippen LogP contribution in [-0.2, 0) is 0 Å². The second-order valence-corrected chi connectivity index (χ2v) is 14.1. The Balaban J connectivity index is 1.76. The van der Waals surface area contributed by atoms with Gasteiger partial charge in [-0.15, -0.1) is 0 Å². The standard InChI is InChI=1S/C51H60O9/c1-7-25-55-43-16-22-49(58-28-10-4)37(34-43)13-19-46(52)40-31-41(47(53)20-14-38-35-44(56-26-8-2)17-23-50(38)59-29-11-5)33-42(32-40)48(54)21-15-39-36-45(57-27-9-3)18-24-51(39)60-30-12-6/h13-24,31-36H,7-12,25-30H2,1-6H3/b19-13+,20-14+,21-15+. The van der Waals surface area contributed by atoms with Crippen LogP contribution in [0.2, 0.25) is 0 Å². The lowest BCUT2D eigenvalue weighted by atomic mass is 9.97. The Morgan fingerprint density at radius 2 is 0.617 bits per heavy atom. The number of benzene rings is 4. The zero-order valence-electron chi connectivity index (χ0n) is 36.1. The molecule has 0 heterocycles. The van der Waals surface area contributed by atoms with Gasteiger partial charge < -0.3 is 28.4 Å². The molecule has 0 aromatic heterocycles. The summed E-state index contributed by atoms with van der Waals surface area (Å²) in [5.41, 5.74) is 2.49. The average molecular weight is 817 g/mol. The van der Waals surface area contributed by atoms with Crippen LogP contribution in [0.4, 0.5) is 0 Å². The molecule has 60 heavy (non-hydrogen) atoms. The summed E-state index contributed by atoms with van der Waals surface area (Å²) < 4.78 is 35.5. The number of carbonyl (C=O) groups is 3. The van der Waals surface area contributed by atoms with Crippen LogP contribution in [0, 0.1) is 0 Å². The quantitative estimate of drug-likeness (QED) is 0.0429. The number of hydrogen-bond donors (Lipinski definition) is 0. The molecular formula is C51H60O9. The first-order valence-electron chi connectivity index (χ1n) is 21.2. The first kappa shape index (κ1) is 46.6. The summed E-state index contributed by atoms with van der Waals surface area (Å²) in [6.45, 7) is 15.3. The normalized spacial score (nSPS) is 11.3. The summed E-state index contributed by atoms with van der Waals surface area (Å²) in [5.74, 6) is 2.59. The van der Waals surface area contributed by atoms with Crippen LogP contribution in [0.5, 0.6) is 34.5 Å². The van der Waals surface area contributed by atoms with Gasteiger partial charge in [0, 0.05) is 33.4 Å². The highest BCUT2D eigenvalue weighted by Gasteiger charge is 2.16. The van der Waals surface area contributed by atoms with E-state index in [2.05, 4.69) is 0 Å². The van der Waals surface area contributed by atoms with Crippen LogP contribution in [-0.4, -0.2) is 57.0 Å². The van der Waals surface area contributed by atoms with E-state index in [-0.39, 0.29) is 16.7 Å². The van der Waals surface area contributed by atoms with E-state index >= 15 is 0 Å². The van der Waals surface area contributed by atoms with Crippen LogP contribution in [0.1, 0.15) is 128 Å². The lowest BCUT2D eigenvalue weighted by molar-refractivity contribution is 0.104. The second kappa shape index (κ2) is 25.4. The molecule has 4 rings (SSSR count). The Morgan fingerprint density at radius 1 is 0.367 bits per heavy atom. The summed E-state index contributed by atoms with van der Waals surface area (Å²) in [6, 6.07) is 21.0. The summed E-state index contributed by atoms with van der Waals surface area (Å²) in [6.07, 6.45) is 14.2. The van der Waals surface area contributed by atoms with E-state index in [0.717, 1.165) is 38.5 Å². The van der Waals surface area contributed by atoms with Crippen molar-refractivity contribution in [1.82, 2.24) is 0 Å². The summed E-state index contributed by atoms with van der Waals surface area (Å²) in [4.78, 5) is 41.9. The van der Waals surface area contributed by atoms with Crippen molar-refractivity contribution in [2.45, 2.75) is 80.1 Å². The van der Waals surface area contributed by atoms with Gasteiger partial charge in [-0.2, -0.15) is 0 Å². The molecule has 0 saturated heterocycles. The van der Waals surface area contributed by atoms with Crippen molar-refractivity contribution in [3.05, 3.63) is 124 Å². The van der Waals surface area contributed by atoms with Gasteiger partial charge in [-0.1, -0.05) is 41.5 Å². The summed E-state index contributed by atoms with van der Waals surface area (Å²) in [5, 5.41) is 0. The summed E-state index contributed by atoms with van der Waals surface area (Å²) in [7, 11) is 0. The molecule has 0 atom stereocenters. The van der Waals surface area contributed by atoms with E-state index in [1.54, 1.807) is 18.2 Å². The molecular weight excluding hydrogens is 757 g/mol. The fraction of sp³-hybridized carbons (Fsp3) is 0.353. The molecule has 0 saturated carbocycles. The van der Waals surface area contributed by atoms with Gasteiger partial charge in [0.05, 0.1) is 39.6 Å². The molecule has 0 bridgehead atoms. The van der Waals surface area contributed by atoms with Crippen LogP contribution in [0.15, 0.2) is 91.0 Å². The van der Waals surface area contributed by atoms with E-state index in [4.69, 9.17) is 28.4 Å². The van der Waals surface area contributed by atoms with Crippen LogP contribution < -0.4 is 28.4 Å². The number of carbonyl (C=O) groups excluding carboxylic acids is 3. The van der Waals surface area contributed by atoms with Gasteiger partial charge in [-0.3, -0.25) is 14.4 Å². The largest absolute Gasteiger partial charge is 0.494 e. The third-order valence-corrected chi connectivity index (χ3v) is 8.78. The smallest absolute Gasteiger partial charge is 0.185 e. The van der Waals surface area contributed by atoms with Gasteiger partial charge in [0.1, 0.15) is 34.5 Å². The zero-order valence-corrected chi connectivity index (χ0v) is 36.1. The number of ether oxygens (including phenoxy) is 6. The predicted molar refractivity (Wildman–Crippen MR) is 241 cm³/mol. The van der Waals surface area contributed by atoms with Crippen LogP contribution in [0.3, 0.4) is 0 Å². The first-order chi connectivity index (χ1) is 29.2. The zero-order chi connectivity index (χ0) is 43.1. The monoisotopic (exact) mass is 816 g/mol. The third-order valence-electron chi connectivity index (χ3n) is 8.78. The Morgan fingerprint density at radius 3 is 0.867 bits per heavy atom. The number of allylic oxidation sites excluding steroid dienone is 3. The van der Waals surface area contributed by atoms with Gasteiger partial charge in [0.2, 0.25) is 0 Å². The molecule has 0 spiro atoms. The van der Waals surface area contributed by atoms with Crippen molar-refractivity contribution >= 4 is 35.6 Å². The molecule has 0 fully saturated rings. The molecule has 0 unspecified atom stereocenters.